The lowest BCUT2D eigenvalue weighted by molar-refractivity contribution is -0.148. The zero-order valence-corrected chi connectivity index (χ0v) is 24.1. The molecule has 0 aromatic carbocycles. The van der Waals surface area contributed by atoms with Crippen LogP contribution in [0.25, 0.3) is 0 Å². The largest absolute Gasteiger partial charge is 0.465 e. The van der Waals surface area contributed by atoms with Gasteiger partial charge in [0.1, 0.15) is 0 Å². The van der Waals surface area contributed by atoms with Crippen LogP contribution in [0.4, 0.5) is 0 Å². The third-order valence-electron chi connectivity index (χ3n) is 6.91. The molecule has 0 rings (SSSR count). The van der Waals surface area contributed by atoms with E-state index in [9.17, 15) is 14.4 Å². The van der Waals surface area contributed by atoms with Gasteiger partial charge in [0.05, 0.1) is 31.8 Å². The summed E-state index contributed by atoms with van der Waals surface area (Å²) in [4.78, 5) is 38.0. The molecule has 3 unspecified atom stereocenters. The quantitative estimate of drug-likeness (QED) is 0.0848. The second-order valence-corrected chi connectivity index (χ2v) is 10.0. The number of hydrogen-bond donors (Lipinski definition) is 0. The number of esters is 3. The van der Waals surface area contributed by atoms with E-state index in [0.717, 1.165) is 83.1 Å². The third kappa shape index (κ3) is 16.8. The van der Waals surface area contributed by atoms with Crippen LogP contribution in [0.1, 0.15) is 125 Å². The average Bonchev–Trinajstić information content (AvgIpc) is 2.88. The van der Waals surface area contributed by atoms with Gasteiger partial charge in [-0.05, 0) is 37.0 Å². The van der Waals surface area contributed by atoms with Gasteiger partial charge in [0.15, 0.2) is 0 Å². The zero-order valence-electron chi connectivity index (χ0n) is 24.1. The molecule has 0 aliphatic heterocycles. The molecule has 0 N–H and O–H groups in total. The van der Waals surface area contributed by atoms with E-state index in [2.05, 4.69) is 41.5 Å². The molecule has 3 atom stereocenters. The zero-order chi connectivity index (χ0) is 27.2. The van der Waals surface area contributed by atoms with Crippen LogP contribution >= 0.6 is 0 Å². The summed E-state index contributed by atoms with van der Waals surface area (Å²) in [6.07, 6.45) is 13.1. The number of unbranched alkanes of at least 4 members (excludes halogenated alkanes) is 3. The highest BCUT2D eigenvalue weighted by molar-refractivity contribution is 5.99. The Balaban J connectivity index is 5.23. The van der Waals surface area contributed by atoms with Gasteiger partial charge in [-0.2, -0.15) is 0 Å². The topological polar surface area (TPSA) is 78.9 Å². The maximum absolute atomic E-state index is 12.9. The van der Waals surface area contributed by atoms with E-state index in [1.165, 1.54) is 0 Å². The summed E-state index contributed by atoms with van der Waals surface area (Å²) >= 11 is 0. The summed E-state index contributed by atoms with van der Waals surface area (Å²) in [7, 11) is 0. The van der Waals surface area contributed by atoms with Crippen LogP contribution in [0.3, 0.4) is 0 Å². The SMILES string of the molecule is CCCCC(CC)COC(=O)/C=C(/CC(=O)OCC(CC)CCCC)C(=O)OCC(CC)CCCC. The fraction of sp³-hybridized carbons (Fsp3) is 0.833. The molecule has 0 aliphatic rings. The molecule has 0 fully saturated rings. The van der Waals surface area contributed by atoms with Gasteiger partial charge in [0.25, 0.3) is 0 Å². The van der Waals surface area contributed by atoms with Gasteiger partial charge in [0.2, 0.25) is 0 Å². The summed E-state index contributed by atoms with van der Waals surface area (Å²) in [6.45, 7) is 13.6. The Kier molecular flexibility index (Phi) is 21.2. The lowest BCUT2D eigenvalue weighted by Crippen LogP contribution is -2.21. The van der Waals surface area contributed by atoms with E-state index in [4.69, 9.17) is 14.2 Å². The smallest absolute Gasteiger partial charge is 0.334 e. The van der Waals surface area contributed by atoms with Crippen LogP contribution in [0.2, 0.25) is 0 Å². The Morgan fingerprint density at radius 1 is 0.611 bits per heavy atom. The second-order valence-electron chi connectivity index (χ2n) is 10.0. The van der Waals surface area contributed by atoms with Crippen LogP contribution in [0.5, 0.6) is 0 Å². The van der Waals surface area contributed by atoms with E-state index >= 15 is 0 Å². The van der Waals surface area contributed by atoms with Crippen molar-refractivity contribution in [1.29, 1.82) is 0 Å². The molecule has 0 aromatic rings. The van der Waals surface area contributed by atoms with E-state index in [0.29, 0.717) is 25.0 Å². The molecule has 0 aliphatic carbocycles. The molecule has 0 radical (unpaired) electrons. The predicted octanol–water partition coefficient (Wildman–Crippen LogP) is 7.58. The molecular weight excluding hydrogens is 456 g/mol. The fourth-order valence-electron chi connectivity index (χ4n) is 3.96. The normalized spacial score (nSPS) is 14.1. The monoisotopic (exact) mass is 510 g/mol. The van der Waals surface area contributed by atoms with E-state index in [1.807, 2.05) is 0 Å². The summed E-state index contributed by atoms with van der Waals surface area (Å²) < 4.78 is 16.4. The maximum atomic E-state index is 12.9. The lowest BCUT2D eigenvalue weighted by atomic mass is 10.0. The summed E-state index contributed by atoms with van der Waals surface area (Å²) in [6, 6.07) is 0. The second kappa shape index (κ2) is 22.4. The van der Waals surface area contributed by atoms with E-state index in [-0.39, 0.29) is 24.5 Å². The Morgan fingerprint density at radius 2 is 1.03 bits per heavy atom. The number of rotatable bonds is 22. The van der Waals surface area contributed by atoms with Crippen LogP contribution in [-0.4, -0.2) is 37.7 Å². The number of ether oxygens (including phenoxy) is 3. The molecule has 0 spiro atoms. The molecule has 6 nitrogen and oxygen atoms in total. The van der Waals surface area contributed by atoms with Gasteiger partial charge in [-0.15, -0.1) is 0 Å². The van der Waals surface area contributed by atoms with Crippen LogP contribution in [-0.2, 0) is 28.6 Å². The summed E-state index contributed by atoms with van der Waals surface area (Å²) in [5, 5.41) is 0. The van der Waals surface area contributed by atoms with Gasteiger partial charge < -0.3 is 14.2 Å². The highest BCUT2D eigenvalue weighted by Gasteiger charge is 2.21. The minimum atomic E-state index is -0.644. The molecule has 6 heteroatoms. The molecule has 0 amide bonds. The van der Waals surface area contributed by atoms with Crippen molar-refractivity contribution in [3.8, 4) is 0 Å². The van der Waals surface area contributed by atoms with Crippen molar-refractivity contribution in [2.45, 2.75) is 125 Å². The van der Waals surface area contributed by atoms with Crippen molar-refractivity contribution in [3.63, 3.8) is 0 Å². The highest BCUT2D eigenvalue weighted by Crippen LogP contribution is 2.17. The molecular formula is C30H54O6. The molecule has 0 aromatic heterocycles. The van der Waals surface area contributed by atoms with Crippen molar-refractivity contribution in [1.82, 2.24) is 0 Å². The van der Waals surface area contributed by atoms with E-state index < -0.39 is 17.9 Å². The Morgan fingerprint density at radius 3 is 1.44 bits per heavy atom. The first-order valence-electron chi connectivity index (χ1n) is 14.5. The minimum Gasteiger partial charge on any atom is -0.465 e. The molecule has 36 heavy (non-hydrogen) atoms. The van der Waals surface area contributed by atoms with Crippen molar-refractivity contribution in [2.24, 2.45) is 17.8 Å². The summed E-state index contributed by atoms with van der Waals surface area (Å²) in [5.74, 6) is -0.918. The standard InChI is InChI=1S/C30H54O6/c1-7-13-16-24(10-4)21-34-28(31)19-27(30(33)36-23-26(12-6)18-15-9-3)20-29(32)35-22-25(11-5)17-14-8-2/h19,24-26H,7-18,20-23H2,1-6H3/b27-19-. The van der Waals surface area contributed by atoms with Gasteiger partial charge in [-0.25, -0.2) is 9.59 Å². The van der Waals surface area contributed by atoms with Crippen molar-refractivity contribution < 1.29 is 28.6 Å². The van der Waals surface area contributed by atoms with Crippen LogP contribution in [0.15, 0.2) is 11.6 Å². The first-order valence-corrected chi connectivity index (χ1v) is 14.5. The number of carbonyl (C=O) groups is 3. The predicted molar refractivity (Wildman–Crippen MR) is 145 cm³/mol. The van der Waals surface area contributed by atoms with Crippen molar-refractivity contribution >= 4 is 17.9 Å². The summed E-state index contributed by atoms with van der Waals surface area (Å²) in [5.41, 5.74) is -0.00134. The Hall–Kier alpha value is -1.85. The molecule has 0 saturated heterocycles. The Labute approximate surface area is 220 Å². The fourth-order valence-corrected chi connectivity index (χ4v) is 3.96. The van der Waals surface area contributed by atoms with Crippen molar-refractivity contribution in [2.75, 3.05) is 19.8 Å². The van der Waals surface area contributed by atoms with Crippen LogP contribution < -0.4 is 0 Å². The van der Waals surface area contributed by atoms with Gasteiger partial charge in [-0.1, -0.05) is 99.3 Å². The van der Waals surface area contributed by atoms with Crippen LogP contribution in [0, 0.1) is 17.8 Å². The number of carbonyl (C=O) groups excluding carboxylic acids is 3. The Bertz CT molecular complexity index is 627. The molecule has 0 bridgehead atoms. The third-order valence-corrected chi connectivity index (χ3v) is 6.91. The first kappa shape index (κ1) is 34.1. The highest BCUT2D eigenvalue weighted by atomic mass is 16.5. The average molecular weight is 511 g/mol. The molecule has 0 saturated carbocycles. The van der Waals surface area contributed by atoms with Gasteiger partial charge in [0, 0.05) is 6.08 Å². The van der Waals surface area contributed by atoms with Gasteiger partial charge >= 0.3 is 17.9 Å². The molecule has 0 heterocycles. The maximum Gasteiger partial charge on any atom is 0.334 e. The molecule has 210 valence electrons. The first-order chi connectivity index (χ1) is 17.3. The minimum absolute atomic E-state index is 0.00134. The number of hydrogen-bond acceptors (Lipinski definition) is 6. The lowest BCUT2D eigenvalue weighted by Gasteiger charge is -2.17. The van der Waals surface area contributed by atoms with Crippen molar-refractivity contribution in [3.05, 3.63) is 11.6 Å². The van der Waals surface area contributed by atoms with Gasteiger partial charge in [-0.3, -0.25) is 4.79 Å². The van der Waals surface area contributed by atoms with E-state index in [1.54, 1.807) is 0 Å².